The van der Waals surface area contributed by atoms with E-state index in [9.17, 15) is 19.7 Å². The molecule has 0 radical (unpaired) electrons. The molecule has 0 atom stereocenters. The third-order valence-electron chi connectivity index (χ3n) is 2.95. The summed E-state index contributed by atoms with van der Waals surface area (Å²) in [5.74, 6) is -0.981. The molecule has 0 unspecified atom stereocenters. The van der Waals surface area contributed by atoms with Gasteiger partial charge in [0, 0.05) is 17.9 Å². The maximum absolute atomic E-state index is 12.2. The maximum atomic E-state index is 12.2. The molecule has 0 spiro atoms. The van der Waals surface area contributed by atoms with Gasteiger partial charge in [0.25, 0.3) is 5.69 Å². The molecular formula is C15H16N2O6S. The number of methoxy groups -OCH3 is 1. The number of hydrogen-bond donors (Lipinski definition) is 0. The zero-order valence-electron chi connectivity index (χ0n) is 13.2. The summed E-state index contributed by atoms with van der Waals surface area (Å²) < 4.78 is 9.44. The van der Waals surface area contributed by atoms with Crippen molar-refractivity contribution in [1.82, 2.24) is 0 Å². The van der Waals surface area contributed by atoms with Gasteiger partial charge >= 0.3 is 11.9 Å². The van der Waals surface area contributed by atoms with E-state index < -0.39 is 22.5 Å². The van der Waals surface area contributed by atoms with Gasteiger partial charge in [-0.05, 0) is 18.6 Å². The summed E-state index contributed by atoms with van der Waals surface area (Å²) >= 11 is 1.35. The normalized spacial score (nSPS) is 9.88. The Morgan fingerprint density at radius 2 is 2.08 bits per heavy atom. The number of nitriles is 1. The molecule has 24 heavy (non-hydrogen) atoms. The number of nitro benzene ring substituents is 1. The highest BCUT2D eigenvalue weighted by Gasteiger charge is 2.32. The third-order valence-corrected chi connectivity index (χ3v) is 3.96. The monoisotopic (exact) mass is 352 g/mol. The van der Waals surface area contributed by atoms with Gasteiger partial charge in [-0.3, -0.25) is 10.1 Å². The van der Waals surface area contributed by atoms with E-state index in [-0.39, 0.29) is 23.5 Å². The van der Waals surface area contributed by atoms with Crippen molar-refractivity contribution in [2.24, 2.45) is 0 Å². The van der Waals surface area contributed by atoms with Crippen LogP contribution < -0.4 is 0 Å². The van der Waals surface area contributed by atoms with Gasteiger partial charge in [-0.2, -0.15) is 17.0 Å². The number of ether oxygens (including phenoxy) is 2. The lowest BCUT2D eigenvalue weighted by Gasteiger charge is -2.11. The van der Waals surface area contributed by atoms with Gasteiger partial charge in [0.05, 0.1) is 24.7 Å². The first-order valence-corrected chi connectivity index (χ1v) is 8.13. The second-order valence-electron chi connectivity index (χ2n) is 4.43. The van der Waals surface area contributed by atoms with E-state index in [0.29, 0.717) is 17.7 Å². The summed E-state index contributed by atoms with van der Waals surface area (Å²) in [6.07, 6.45) is 0.321. The summed E-state index contributed by atoms with van der Waals surface area (Å²) in [6.45, 7) is 1.62. The smallest absolute Gasteiger partial charge is 0.345 e. The van der Waals surface area contributed by atoms with E-state index >= 15 is 0 Å². The van der Waals surface area contributed by atoms with Crippen LogP contribution in [0.2, 0.25) is 0 Å². The van der Waals surface area contributed by atoms with Crippen molar-refractivity contribution in [1.29, 1.82) is 5.26 Å². The van der Waals surface area contributed by atoms with Gasteiger partial charge in [0.15, 0.2) is 0 Å². The molecule has 0 fully saturated rings. The minimum Gasteiger partial charge on any atom is -0.465 e. The molecule has 0 N–H and O–H groups in total. The molecule has 1 rings (SSSR count). The topological polar surface area (TPSA) is 120 Å². The predicted molar refractivity (Wildman–Crippen MR) is 86.8 cm³/mol. The molecular weight excluding hydrogens is 336 g/mol. The first kappa shape index (κ1) is 19.4. The summed E-state index contributed by atoms with van der Waals surface area (Å²) in [7, 11) is 1.10. The number of hydrogen-bond acceptors (Lipinski definition) is 8. The average molecular weight is 352 g/mol. The molecule has 0 aliphatic rings. The van der Waals surface area contributed by atoms with Crippen LogP contribution in [0, 0.1) is 21.4 Å². The van der Waals surface area contributed by atoms with Crippen LogP contribution in [-0.4, -0.2) is 36.3 Å². The molecule has 0 aliphatic heterocycles. The Morgan fingerprint density at radius 3 is 2.62 bits per heavy atom. The fourth-order valence-electron chi connectivity index (χ4n) is 1.95. The second-order valence-corrected chi connectivity index (χ2v) is 5.53. The van der Waals surface area contributed by atoms with E-state index in [2.05, 4.69) is 4.74 Å². The summed E-state index contributed by atoms with van der Waals surface area (Å²) in [6, 6.07) is 4.71. The number of carbonyl (C=O) groups excluding carboxylic acids is 2. The van der Waals surface area contributed by atoms with Crippen LogP contribution in [-0.2, 0) is 15.2 Å². The van der Waals surface area contributed by atoms with Crippen LogP contribution in [0.4, 0.5) is 5.69 Å². The molecule has 8 nitrogen and oxygen atoms in total. The predicted octanol–water partition coefficient (Wildman–Crippen LogP) is 2.70. The van der Waals surface area contributed by atoms with Crippen LogP contribution in [0.1, 0.15) is 39.6 Å². The molecule has 0 saturated carbocycles. The molecule has 0 bridgehead atoms. The van der Waals surface area contributed by atoms with Crippen molar-refractivity contribution >= 4 is 29.4 Å². The van der Waals surface area contributed by atoms with Gasteiger partial charge in [0.2, 0.25) is 0 Å². The van der Waals surface area contributed by atoms with Crippen LogP contribution in [0.25, 0.3) is 0 Å². The highest BCUT2D eigenvalue weighted by molar-refractivity contribution is 7.98. The van der Waals surface area contributed by atoms with Crippen molar-refractivity contribution in [2.45, 2.75) is 19.1 Å². The number of carbonyl (C=O) groups is 2. The van der Waals surface area contributed by atoms with E-state index in [1.54, 1.807) is 6.92 Å². The lowest BCUT2D eigenvalue weighted by Crippen LogP contribution is -2.15. The largest absolute Gasteiger partial charge is 0.465 e. The van der Waals surface area contributed by atoms with Crippen molar-refractivity contribution < 1.29 is 24.0 Å². The fourth-order valence-corrected chi connectivity index (χ4v) is 2.79. The highest BCUT2D eigenvalue weighted by Crippen LogP contribution is 2.31. The lowest BCUT2D eigenvalue weighted by molar-refractivity contribution is -0.385. The Morgan fingerprint density at radius 1 is 1.38 bits per heavy atom. The Hall–Kier alpha value is -2.60. The third kappa shape index (κ3) is 4.70. The van der Waals surface area contributed by atoms with E-state index in [1.807, 2.05) is 6.07 Å². The molecule has 0 saturated heterocycles. The highest BCUT2D eigenvalue weighted by atomic mass is 32.2. The molecule has 0 heterocycles. The van der Waals surface area contributed by atoms with Crippen LogP contribution in [0.5, 0.6) is 0 Å². The number of nitro groups is 1. The average Bonchev–Trinajstić information content (AvgIpc) is 2.57. The first-order chi connectivity index (χ1) is 11.5. The van der Waals surface area contributed by atoms with Gasteiger partial charge in [-0.1, -0.05) is 6.07 Å². The SMILES string of the molecule is CCOC(=O)c1c(CSCCC#N)ccc(C(=O)OC)c1[N+](=O)[O-]. The van der Waals surface area contributed by atoms with Crippen LogP contribution >= 0.6 is 11.8 Å². The number of thioether (sulfide) groups is 1. The molecule has 0 aromatic heterocycles. The van der Waals surface area contributed by atoms with Gasteiger partial charge in [-0.15, -0.1) is 0 Å². The van der Waals surface area contributed by atoms with Crippen molar-refractivity contribution in [2.75, 3.05) is 19.5 Å². The van der Waals surface area contributed by atoms with Gasteiger partial charge in [0.1, 0.15) is 11.1 Å². The first-order valence-electron chi connectivity index (χ1n) is 6.98. The van der Waals surface area contributed by atoms with Gasteiger partial charge in [-0.25, -0.2) is 9.59 Å². The zero-order chi connectivity index (χ0) is 18.1. The number of rotatable bonds is 8. The number of esters is 2. The van der Waals surface area contributed by atoms with Crippen molar-refractivity contribution in [3.8, 4) is 6.07 Å². The lowest BCUT2D eigenvalue weighted by atomic mass is 10.0. The molecule has 0 amide bonds. The molecule has 0 aliphatic carbocycles. The summed E-state index contributed by atoms with van der Waals surface area (Å²) in [5.41, 5.74) is -0.819. The Balaban J connectivity index is 3.40. The maximum Gasteiger partial charge on any atom is 0.345 e. The summed E-state index contributed by atoms with van der Waals surface area (Å²) in [4.78, 5) is 34.6. The Kier molecular flexibility index (Phi) is 7.71. The van der Waals surface area contributed by atoms with Crippen molar-refractivity contribution in [3.05, 3.63) is 38.9 Å². The quantitative estimate of drug-likeness (QED) is 0.303. The summed E-state index contributed by atoms with van der Waals surface area (Å²) in [5, 5.41) is 20.0. The van der Waals surface area contributed by atoms with Crippen LogP contribution in [0.3, 0.4) is 0 Å². The molecule has 1 aromatic rings. The minimum absolute atomic E-state index is 0.0411. The second kappa shape index (κ2) is 9.52. The minimum atomic E-state index is -0.907. The number of nitrogens with zero attached hydrogens (tertiary/aromatic N) is 2. The standard InChI is InChI=1S/C15H16N2O6S/c1-3-23-15(19)12-10(9-24-8-4-7-16)5-6-11(14(18)22-2)13(12)17(20)21/h5-6H,3-4,8-9H2,1-2H3. The van der Waals surface area contributed by atoms with Crippen LogP contribution in [0.15, 0.2) is 12.1 Å². The molecule has 1 aromatic carbocycles. The zero-order valence-corrected chi connectivity index (χ0v) is 14.1. The van der Waals surface area contributed by atoms with E-state index in [4.69, 9.17) is 10.00 Å². The van der Waals surface area contributed by atoms with Gasteiger partial charge < -0.3 is 9.47 Å². The molecule has 128 valence electrons. The Bertz CT molecular complexity index is 683. The Labute approximate surface area is 142 Å². The fraction of sp³-hybridized carbons (Fsp3) is 0.400. The number of benzene rings is 1. The molecule has 9 heteroatoms. The van der Waals surface area contributed by atoms with E-state index in [0.717, 1.165) is 7.11 Å². The van der Waals surface area contributed by atoms with Crippen molar-refractivity contribution in [3.63, 3.8) is 0 Å². The van der Waals surface area contributed by atoms with E-state index in [1.165, 1.54) is 23.9 Å².